The highest BCUT2D eigenvalue weighted by Crippen LogP contribution is 2.32. The van der Waals surface area contributed by atoms with Crippen LogP contribution in [0.1, 0.15) is 5.56 Å². The van der Waals surface area contributed by atoms with Gasteiger partial charge in [-0.1, -0.05) is 0 Å². The van der Waals surface area contributed by atoms with Gasteiger partial charge in [0.15, 0.2) is 0 Å². The fourth-order valence-electron chi connectivity index (χ4n) is 0.740. The highest BCUT2D eigenvalue weighted by atomic mass is 79.9. The minimum absolute atomic E-state index is 0.223. The maximum atomic E-state index is 12.1. The topological polar surface area (TPSA) is 56.0 Å². The molecule has 0 fully saturated rings. The van der Waals surface area contributed by atoms with Gasteiger partial charge in [0.05, 0.1) is 5.56 Å². The van der Waals surface area contributed by atoms with Crippen molar-refractivity contribution in [2.45, 2.75) is 6.18 Å². The third kappa shape index (κ3) is 2.41. The predicted octanol–water partition coefficient (Wildman–Crippen LogP) is 2.77. The zero-order chi connectivity index (χ0) is 10.9. The van der Waals surface area contributed by atoms with Crippen molar-refractivity contribution in [3.63, 3.8) is 0 Å². The minimum atomic E-state index is -4.61. The zero-order valence-corrected chi connectivity index (χ0v) is 7.96. The molecule has 0 amide bonds. The van der Waals surface area contributed by atoms with Crippen LogP contribution >= 0.6 is 15.9 Å². The van der Waals surface area contributed by atoms with E-state index in [1.807, 2.05) is 0 Å². The fourth-order valence-corrected chi connectivity index (χ4v) is 1.17. The molecule has 76 valence electrons. The molecule has 8 heteroatoms. The lowest BCUT2D eigenvalue weighted by molar-refractivity contribution is -0.389. The number of hydrogen-bond donors (Lipinski definition) is 0. The summed E-state index contributed by atoms with van der Waals surface area (Å²) in [5.41, 5.74) is -1.11. The Hall–Kier alpha value is -1.18. The lowest BCUT2D eigenvalue weighted by Crippen LogP contribution is -2.06. The Morgan fingerprint density at radius 3 is 2.43 bits per heavy atom. The molecule has 0 aliphatic heterocycles. The van der Waals surface area contributed by atoms with E-state index in [1.165, 1.54) is 0 Å². The zero-order valence-electron chi connectivity index (χ0n) is 6.38. The van der Waals surface area contributed by atoms with E-state index in [1.54, 1.807) is 0 Å². The summed E-state index contributed by atoms with van der Waals surface area (Å²) in [7, 11) is 0. The van der Waals surface area contributed by atoms with Crippen LogP contribution in [0.5, 0.6) is 0 Å². The van der Waals surface area contributed by atoms with Crippen molar-refractivity contribution in [3.8, 4) is 0 Å². The molecule has 0 radical (unpaired) electrons. The number of pyridine rings is 1. The Bertz CT molecular complexity index is 380. The molecule has 0 bridgehead atoms. The number of hydrogen-bond acceptors (Lipinski definition) is 3. The summed E-state index contributed by atoms with van der Waals surface area (Å²) < 4.78 is 36.2. The van der Waals surface area contributed by atoms with E-state index in [0.29, 0.717) is 12.1 Å². The first-order valence-electron chi connectivity index (χ1n) is 3.20. The lowest BCUT2D eigenvalue weighted by atomic mass is 10.2. The lowest BCUT2D eigenvalue weighted by Gasteiger charge is -2.04. The van der Waals surface area contributed by atoms with E-state index >= 15 is 0 Å². The number of rotatable bonds is 1. The van der Waals surface area contributed by atoms with Gasteiger partial charge in [0, 0.05) is 28.1 Å². The van der Waals surface area contributed by atoms with Crippen molar-refractivity contribution < 1.29 is 18.1 Å². The molecule has 0 saturated carbocycles. The number of nitrogens with zero attached hydrogens (tertiary/aromatic N) is 2. The molecule has 0 aromatic carbocycles. The summed E-state index contributed by atoms with van der Waals surface area (Å²) in [4.78, 5) is 12.5. The van der Waals surface area contributed by atoms with Crippen molar-refractivity contribution >= 4 is 21.7 Å². The predicted molar refractivity (Wildman–Crippen MR) is 43.6 cm³/mol. The largest absolute Gasteiger partial charge is 0.416 e. The van der Waals surface area contributed by atoms with Crippen molar-refractivity contribution in [3.05, 3.63) is 32.4 Å². The van der Waals surface area contributed by atoms with Gasteiger partial charge < -0.3 is 10.1 Å². The van der Waals surface area contributed by atoms with Crippen LogP contribution in [0.15, 0.2) is 16.7 Å². The normalized spacial score (nSPS) is 11.4. The molecule has 0 aliphatic carbocycles. The Labute approximate surface area is 84.0 Å². The third-order valence-electron chi connectivity index (χ3n) is 1.29. The number of halogens is 4. The van der Waals surface area contributed by atoms with Gasteiger partial charge in [-0.15, -0.1) is 0 Å². The Morgan fingerprint density at radius 1 is 1.43 bits per heavy atom. The average molecular weight is 271 g/mol. The summed E-state index contributed by atoms with van der Waals surface area (Å²) in [6.45, 7) is 0. The molecule has 0 atom stereocenters. The number of aromatic nitrogens is 1. The highest BCUT2D eigenvalue weighted by Gasteiger charge is 2.33. The van der Waals surface area contributed by atoms with E-state index in [-0.39, 0.29) is 4.60 Å². The van der Waals surface area contributed by atoms with Crippen LogP contribution in [0.3, 0.4) is 0 Å². The van der Waals surface area contributed by atoms with Crippen LogP contribution in [0.2, 0.25) is 0 Å². The summed E-state index contributed by atoms with van der Waals surface area (Å²) in [5.74, 6) is -0.841. The van der Waals surface area contributed by atoms with Gasteiger partial charge in [0.1, 0.15) is 0 Å². The molecule has 1 rings (SSSR count). The van der Waals surface area contributed by atoms with E-state index in [0.717, 1.165) is 0 Å². The number of nitro groups is 1. The van der Waals surface area contributed by atoms with Crippen molar-refractivity contribution in [1.82, 2.24) is 4.98 Å². The van der Waals surface area contributed by atoms with Gasteiger partial charge in [0.25, 0.3) is 0 Å². The van der Waals surface area contributed by atoms with Gasteiger partial charge in [-0.3, -0.25) is 0 Å². The van der Waals surface area contributed by atoms with Gasteiger partial charge in [-0.2, -0.15) is 13.2 Å². The molecule has 0 saturated heterocycles. The minimum Gasteiger partial charge on any atom is -0.358 e. The number of alkyl halides is 3. The molecule has 1 aromatic rings. The standard InChI is InChI=1S/C6H2BrF3N2O2/c7-4-1-3(6(8,9)10)2-5(11-4)12(13)14/h1-2H. The molecule has 4 nitrogen and oxygen atoms in total. The second-order valence-electron chi connectivity index (χ2n) is 2.29. The highest BCUT2D eigenvalue weighted by molar-refractivity contribution is 9.10. The SMILES string of the molecule is O=[N+]([O-])c1cc(C(F)(F)F)cc(Br)n1. The second kappa shape index (κ2) is 3.52. The second-order valence-corrected chi connectivity index (χ2v) is 3.10. The summed E-state index contributed by atoms with van der Waals surface area (Å²) >= 11 is 2.66. The molecule has 1 heterocycles. The Balaban J connectivity index is 3.28. The van der Waals surface area contributed by atoms with E-state index in [2.05, 4.69) is 20.9 Å². The summed E-state index contributed by atoms with van der Waals surface area (Å²) in [5, 5.41) is 10.2. The third-order valence-corrected chi connectivity index (χ3v) is 1.70. The van der Waals surface area contributed by atoms with Crippen LogP contribution in [0.25, 0.3) is 0 Å². The first kappa shape index (κ1) is 10.9. The Kier molecular flexibility index (Phi) is 2.74. The van der Waals surface area contributed by atoms with E-state index in [4.69, 9.17) is 0 Å². The fraction of sp³-hybridized carbons (Fsp3) is 0.167. The average Bonchev–Trinajstić information content (AvgIpc) is 2.01. The molecular formula is C6H2BrF3N2O2. The monoisotopic (exact) mass is 270 g/mol. The first-order valence-corrected chi connectivity index (χ1v) is 3.99. The van der Waals surface area contributed by atoms with Crippen molar-refractivity contribution in [2.75, 3.05) is 0 Å². The van der Waals surface area contributed by atoms with E-state index in [9.17, 15) is 23.3 Å². The van der Waals surface area contributed by atoms with E-state index < -0.39 is 22.5 Å². The van der Waals surface area contributed by atoms with Gasteiger partial charge >= 0.3 is 12.0 Å². The first-order chi connectivity index (χ1) is 6.30. The summed E-state index contributed by atoms with van der Waals surface area (Å²) in [6.07, 6.45) is -4.61. The molecule has 0 N–H and O–H groups in total. The molecule has 0 unspecified atom stereocenters. The molecule has 14 heavy (non-hydrogen) atoms. The van der Waals surface area contributed by atoms with Crippen molar-refractivity contribution in [2.24, 2.45) is 0 Å². The Morgan fingerprint density at radius 2 is 2.00 bits per heavy atom. The smallest absolute Gasteiger partial charge is 0.358 e. The molecule has 0 aliphatic rings. The molecule has 0 spiro atoms. The van der Waals surface area contributed by atoms with Crippen LogP contribution in [0.4, 0.5) is 19.0 Å². The maximum Gasteiger partial charge on any atom is 0.416 e. The van der Waals surface area contributed by atoms with Crippen LogP contribution in [-0.2, 0) is 6.18 Å². The van der Waals surface area contributed by atoms with Gasteiger partial charge in [-0.05, 0) is 9.91 Å². The molecule has 1 aromatic heterocycles. The van der Waals surface area contributed by atoms with Gasteiger partial charge in [-0.25, -0.2) is 0 Å². The molecular weight excluding hydrogens is 269 g/mol. The quantitative estimate of drug-likeness (QED) is 0.448. The van der Waals surface area contributed by atoms with Crippen LogP contribution in [-0.4, -0.2) is 9.91 Å². The maximum absolute atomic E-state index is 12.1. The van der Waals surface area contributed by atoms with Crippen LogP contribution < -0.4 is 0 Å². The van der Waals surface area contributed by atoms with Crippen LogP contribution in [0, 0.1) is 10.1 Å². The summed E-state index contributed by atoms with van der Waals surface area (Å²) in [6, 6.07) is 1.05. The van der Waals surface area contributed by atoms with Gasteiger partial charge in [0.2, 0.25) is 4.60 Å². The van der Waals surface area contributed by atoms with Crippen molar-refractivity contribution in [1.29, 1.82) is 0 Å².